The van der Waals surface area contributed by atoms with E-state index in [1.165, 1.54) is 0 Å². The number of benzene rings is 1. The number of carbonyl (C=O) groups is 1. The number of aromatic hydroxyl groups is 1. The van der Waals surface area contributed by atoms with E-state index in [1.807, 2.05) is 0 Å². The summed E-state index contributed by atoms with van der Waals surface area (Å²) in [5, 5.41) is 8.88. The van der Waals surface area contributed by atoms with E-state index in [0.717, 1.165) is 6.92 Å². The fourth-order valence-corrected chi connectivity index (χ4v) is 0.807. The number of phenolic OH excluding ortho intramolecular Hbond substituents is 1. The third-order valence-electron chi connectivity index (χ3n) is 1.35. The van der Waals surface area contributed by atoms with Gasteiger partial charge in [0.05, 0.1) is 0 Å². The normalized spacial score (nSPS) is 10.0. The molecule has 0 saturated carbocycles. The van der Waals surface area contributed by atoms with Gasteiger partial charge in [-0.05, 0) is 0 Å². The summed E-state index contributed by atoms with van der Waals surface area (Å²) < 4.78 is 42.0. The molecule has 3 nitrogen and oxygen atoms in total. The Morgan fingerprint density at radius 2 is 1.93 bits per heavy atom. The number of halogens is 3. The molecule has 0 atom stereocenters. The number of hydrogen-bond donors (Lipinski definition) is 1. The molecule has 0 aliphatic carbocycles. The molecular weight excluding hydrogens is 201 g/mol. The fraction of sp³-hybridized carbons (Fsp3) is 0.125. The molecule has 14 heavy (non-hydrogen) atoms. The zero-order valence-corrected chi connectivity index (χ0v) is 6.97. The second kappa shape index (κ2) is 3.57. The Labute approximate surface area is 76.7 Å². The maximum Gasteiger partial charge on any atom is 0.308 e. The van der Waals surface area contributed by atoms with Gasteiger partial charge in [-0.15, -0.1) is 0 Å². The van der Waals surface area contributed by atoms with Crippen LogP contribution >= 0.6 is 0 Å². The van der Waals surface area contributed by atoms with Gasteiger partial charge in [0.2, 0.25) is 17.3 Å². The van der Waals surface area contributed by atoms with Crippen molar-refractivity contribution >= 4 is 5.97 Å². The molecule has 76 valence electrons. The van der Waals surface area contributed by atoms with Crippen LogP contribution in [0.1, 0.15) is 6.92 Å². The van der Waals surface area contributed by atoms with E-state index in [1.54, 1.807) is 0 Å². The van der Waals surface area contributed by atoms with Crippen LogP contribution in [0.15, 0.2) is 6.07 Å². The first-order valence-corrected chi connectivity index (χ1v) is 3.48. The van der Waals surface area contributed by atoms with Gasteiger partial charge in [-0.1, -0.05) is 0 Å². The lowest BCUT2D eigenvalue weighted by Crippen LogP contribution is -2.05. The first-order valence-electron chi connectivity index (χ1n) is 3.48. The predicted octanol–water partition coefficient (Wildman–Crippen LogP) is 1.73. The standard InChI is InChI=1S/C8H5F3O3/c1-3(12)14-8-5(10)2-4(9)6(11)7(8)13/h2,13H,1H3. The first-order chi connectivity index (χ1) is 6.43. The Kier molecular flexibility index (Phi) is 2.64. The molecule has 6 heteroatoms. The summed E-state index contributed by atoms with van der Waals surface area (Å²) in [4.78, 5) is 10.4. The van der Waals surface area contributed by atoms with Crippen LogP contribution in [0.4, 0.5) is 13.2 Å². The summed E-state index contributed by atoms with van der Waals surface area (Å²) in [5.41, 5.74) is 0. The minimum Gasteiger partial charge on any atom is -0.502 e. The van der Waals surface area contributed by atoms with Crippen molar-refractivity contribution in [2.45, 2.75) is 6.92 Å². The van der Waals surface area contributed by atoms with Gasteiger partial charge in [-0.2, -0.15) is 4.39 Å². The molecule has 0 bridgehead atoms. The highest BCUT2D eigenvalue weighted by atomic mass is 19.2. The van der Waals surface area contributed by atoms with Crippen LogP contribution in [0.3, 0.4) is 0 Å². The van der Waals surface area contributed by atoms with E-state index in [0.29, 0.717) is 0 Å². The number of phenols is 1. The van der Waals surface area contributed by atoms with E-state index >= 15 is 0 Å². The molecule has 0 spiro atoms. The van der Waals surface area contributed by atoms with E-state index in [4.69, 9.17) is 5.11 Å². The topological polar surface area (TPSA) is 46.5 Å². The molecular formula is C8H5F3O3. The lowest BCUT2D eigenvalue weighted by atomic mass is 10.3. The second-order valence-electron chi connectivity index (χ2n) is 2.43. The number of rotatable bonds is 1. The van der Waals surface area contributed by atoms with Crippen LogP contribution in [0.5, 0.6) is 11.5 Å². The Morgan fingerprint density at radius 1 is 1.36 bits per heavy atom. The summed E-state index contributed by atoms with van der Waals surface area (Å²) >= 11 is 0. The van der Waals surface area contributed by atoms with Crippen molar-refractivity contribution in [2.75, 3.05) is 0 Å². The summed E-state index contributed by atoms with van der Waals surface area (Å²) in [6, 6.07) is 0.174. The van der Waals surface area contributed by atoms with Crippen molar-refractivity contribution < 1.29 is 27.8 Å². The molecule has 1 rings (SSSR count). The third-order valence-corrected chi connectivity index (χ3v) is 1.35. The highest BCUT2D eigenvalue weighted by Crippen LogP contribution is 2.33. The fourth-order valence-electron chi connectivity index (χ4n) is 0.807. The van der Waals surface area contributed by atoms with E-state index in [2.05, 4.69) is 4.74 Å². The van der Waals surface area contributed by atoms with E-state index in [9.17, 15) is 18.0 Å². The van der Waals surface area contributed by atoms with Crippen LogP contribution in [0, 0.1) is 17.5 Å². The Morgan fingerprint density at radius 3 is 2.43 bits per heavy atom. The van der Waals surface area contributed by atoms with Crippen molar-refractivity contribution in [3.05, 3.63) is 23.5 Å². The van der Waals surface area contributed by atoms with Crippen LogP contribution in [0.2, 0.25) is 0 Å². The average Bonchev–Trinajstić information content (AvgIpc) is 2.09. The molecule has 0 saturated heterocycles. The van der Waals surface area contributed by atoms with E-state index < -0.39 is 34.9 Å². The molecule has 0 heterocycles. The van der Waals surface area contributed by atoms with Gasteiger partial charge >= 0.3 is 5.97 Å². The third kappa shape index (κ3) is 1.78. The van der Waals surface area contributed by atoms with Gasteiger partial charge in [-0.3, -0.25) is 4.79 Å². The SMILES string of the molecule is CC(=O)Oc1c(F)cc(F)c(F)c1O. The summed E-state index contributed by atoms with van der Waals surface area (Å²) in [5.74, 6) is -7.91. The molecule has 0 radical (unpaired) electrons. The van der Waals surface area contributed by atoms with Gasteiger partial charge in [-0.25, -0.2) is 8.78 Å². The Balaban J connectivity index is 3.29. The number of esters is 1. The molecule has 0 fully saturated rings. The van der Waals surface area contributed by atoms with Gasteiger partial charge in [0, 0.05) is 13.0 Å². The van der Waals surface area contributed by atoms with Crippen molar-refractivity contribution in [1.29, 1.82) is 0 Å². The smallest absolute Gasteiger partial charge is 0.308 e. The molecule has 0 aromatic heterocycles. The Hall–Kier alpha value is -1.72. The number of carbonyl (C=O) groups excluding carboxylic acids is 1. The quantitative estimate of drug-likeness (QED) is 0.432. The Bertz CT molecular complexity index is 390. The number of ether oxygens (including phenoxy) is 1. The number of hydrogen-bond acceptors (Lipinski definition) is 3. The van der Waals surface area contributed by atoms with Crippen molar-refractivity contribution in [3.63, 3.8) is 0 Å². The van der Waals surface area contributed by atoms with Crippen LogP contribution in [-0.4, -0.2) is 11.1 Å². The molecule has 0 amide bonds. The van der Waals surface area contributed by atoms with Gasteiger partial charge in [0.25, 0.3) is 0 Å². The lowest BCUT2D eigenvalue weighted by Gasteiger charge is -2.06. The van der Waals surface area contributed by atoms with Gasteiger partial charge in [0.15, 0.2) is 11.6 Å². The maximum absolute atomic E-state index is 12.8. The van der Waals surface area contributed by atoms with Gasteiger partial charge in [0.1, 0.15) is 0 Å². The monoisotopic (exact) mass is 206 g/mol. The van der Waals surface area contributed by atoms with Crippen molar-refractivity contribution in [3.8, 4) is 11.5 Å². The minimum atomic E-state index is -1.66. The molecule has 0 unspecified atom stereocenters. The molecule has 1 N–H and O–H groups in total. The highest BCUT2D eigenvalue weighted by molar-refractivity contribution is 5.70. The zero-order chi connectivity index (χ0) is 10.9. The largest absolute Gasteiger partial charge is 0.502 e. The van der Waals surface area contributed by atoms with Gasteiger partial charge < -0.3 is 9.84 Å². The van der Waals surface area contributed by atoms with Crippen LogP contribution in [0.25, 0.3) is 0 Å². The molecule has 0 aliphatic rings. The maximum atomic E-state index is 12.8. The van der Waals surface area contributed by atoms with Crippen molar-refractivity contribution in [2.24, 2.45) is 0 Å². The predicted molar refractivity (Wildman–Crippen MR) is 39.3 cm³/mol. The molecule has 1 aromatic rings. The summed E-state index contributed by atoms with van der Waals surface area (Å²) in [6.07, 6.45) is 0. The van der Waals surface area contributed by atoms with E-state index in [-0.39, 0.29) is 6.07 Å². The summed E-state index contributed by atoms with van der Waals surface area (Å²) in [6.45, 7) is 0.931. The molecule has 1 aromatic carbocycles. The molecule has 0 aliphatic heterocycles. The van der Waals surface area contributed by atoms with Crippen LogP contribution in [-0.2, 0) is 4.79 Å². The lowest BCUT2D eigenvalue weighted by molar-refractivity contribution is -0.132. The minimum absolute atomic E-state index is 0.174. The van der Waals surface area contributed by atoms with Crippen LogP contribution < -0.4 is 4.74 Å². The first kappa shape index (κ1) is 10.4. The summed E-state index contributed by atoms with van der Waals surface area (Å²) in [7, 11) is 0. The highest BCUT2D eigenvalue weighted by Gasteiger charge is 2.20. The zero-order valence-electron chi connectivity index (χ0n) is 6.97. The average molecular weight is 206 g/mol. The van der Waals surface area contributed by atoms with Crippen molar-refractivity contribution in [1.82, 2.24) is 0 Å². The second-order valence-corrected chi connectivity index (χ2v) is 2.43.